The molecule has 2 heterocycles. The number of rotatable bonds is 4. The van der Waals surface area contributed by atoms with Crippen molar-refractivity contribution in [2.75, 3.05) is 19.6 Å². The molecule has 2 saturated heterocycles. The number of ether oxygens (including phenoxy) is 1. The second-order valence-corrected chi connectivity index (χ2v) is 5.90. The summed E-state index contributed by atoms with van der Waals surface area (Å²) in [4.78, 5) is 23.3. The van der Waals surface area contributed by atoms with Crippen molar-refractivity contribution in [1.29, 1.82) is 0 Å². The zero-order valence-electron chi connectivity index (χ0n) is 11.3. The first-order valence-corrected chi connectivity index (χ1v) is 6.62. The molecule has 2 N–H and O–H groups in total. The van der Waals surface area contributed by atoms with E-state index in [2.05, 4.69) is 10.6 Å². The molecule has 2 aliphatic rings. The molecule has 0 saturated carbocycles. The molecule has 0 aromatic heterocycles. The smallest absolute Gasteiger partial charge is 0.306 e. The summed E-state index contributed by atoms with van der Waals surface area (Å²) in [6.45, 7) is 8.01. The van der Waals surface area contributed by atoms with Crippen molar-refractivity contribution in [3.63, 3.8) is 0 Å². The number of carbonyl (C=O) groups excluding carboxylic acids is 2. The fourth-order valence-corrected chi connectivity index (χ4v) is 2.44. The molecular weight excluding hydrogens is 232 g/mol. The summed E-state index contributed by atoms with van der Waals surface area (Å²) in [5, 5.41) is 6.08. The van der Waals surface area contributed by atoms with E-state index >= 15 is 0 Å². The Bertz CT molecular complexity index is 350. The number of esters is 1. The molecule has 5 heteroatoms. The lowest BCUT2D eigenvalue weighted by Gasteiger charge is -2.41. The minimum Gasteiger partial charge on any atom is -0.460 e. The summed E-state index contributed by atoms with van der Waals surface area (Å²) in [6.07, 6.45) is 0.301. The summed E-state index contributed by atoms with van der Waals surface area (Å²) in [5.74, 6) is 0.191. The molecule has 1 spiro atoms. The topological polar surface area (TPSA) is 67.4 Å². The van der Waals surface area contributed by atoms with Gasteiger partial charge in [-0.05, 0) is 5.92 Å². The van der Waals surface area contributed by atoms with Gasteiger partial charge in [0.2, 0.25) is 5.91 Å². The lowest BCUT2D eigenvalue weighted by atomic mass is 9.75. The normalized spacial score (nSPS) is 26.9. The minimum absolute atomic E-state index is 0.0161. The summed E-state index contributed by atoms with van der Waals surface area (Å²) in [5.41, 5.74) is -0.0779. The van der Waals surface area contributed by atoms with Gasteiger partial charge in [0.25, 0.3) is 0 Å². The van der Waals surface area contributed by atoms with Crippen LogP contribution < -0.4 is 10.6 Å². The van der Waals surface area contributed by atoms with Crippen molar-refractivity contribution in [1.82, 2.24) is 10.6 Å². The lowest BCUT2D eigenvalue weighted by Crippen LogP contribution is -2.60. The maximum absolute atomic E-state index is 11.9. The van der Waals surface area contributed by atoms with Crippen LogP contribution in [0.5, 0.6) is 0 Å². The SMILES string of the molecule is CC(C)C(C)C(=O)NCC1OC(=O)CC12CNC2. The summed E-state index contributed by atoms with van der Waals surface area (Å²) in [7, 11) is 0. The highest BCUT2D eigenvalue weighted by Crippen LogP contribution is 2.38. The van der Waals surface area contributed by atoms with Crippen LogP contribution in [0.15, 0.2) is 0 Å². The fraction of sp³-hybridized carbons (Fsp3) is 0.846. The Balaban J connectivity index is 1.86. The predicted molar refractivity (Wildman–Crippen MR) is 66.8 cm³/mol. The molecule has 2 unspecified atom stereocenters. The largest absolute Gasteiger partial charge is 0.460 e. The Kier molecular flexibility index (Phi) is 3.61. The number of hydrogen-bond acceptors (Lipinski definition) is 4. The van der Waals surface area contributed by atoms with Crippen LogP contribution in [0, 0.1) is 17.3 Å². The van der Waals surface area contributed by atoms with E-state index in [1.165, 1.54) is 0 Å². The standard InChI is InChI=1S/C13H22N2O3/c1-8(2)9(3)12(17)15-5-10-13(6-14-7-13)4-11(16)18-10/h8-10,14H,4-7H2,1-3H3,(H,15,17). The van der Waals surface area contributed by atoms with Gasteiger partial charge in [0.15, 0.2) is 0 Å². The Morgan fingerprint density at radius 3 is 2.67 bits per heavy atom. The quantitative estimate of drug-likeness (QED) is 0.708. The van der Waals surface area contributed by atoms with Crippen molar-refractivity contribution in [3.8, 4) is 0 Å². The van der Waals surface area contributed by atoms with Gasteiger partial charge in [-0.25, -0.2) is 0 Å². The third-order valence-electron chi connectivity index (χ3n) is 4.28. The van der Waals surface area contributed by atoms with Gasteiger partial charge in [-0.15, -0.1) is 0 Å². The van der Waals surface area contributed by atoms with E-state index in [1.807, 2.05) is 20.8 Å². The van der Waals surface area contributed by atoms with Crippen LogP contribution in [0.4, 0.5) is 0 Å². The highest BCUT2D eigenvalue weighted by molar-refractivity contribution is 5.79. The van der Waals surface area contributed by atoms with E-state index in [1.54, 1.807) is 0 Å². The van der Waals surface area contributed by atoms with Gasteiger partial charge in [0.05, 0.1) is 13.0 Å². The van der Waals surface area contributed by atoms with Gasteiger partial charge < -0.3 is 15.4 Å². The third kappa shape index (κ3) is 2.36. The van der Waals surface area contributed by atoms with Crippen molar-refractivity contribution >= 4 is 11.9 Å². The van der Waals surface area contributed by atoms with E-state index in [-0.39, 0.29) is 29.3 Å². The monoisotopic (exact) mass is 254 g/mol. The molecule has 0 radical (unpaired) electrons. The second-order valence-electron chi connectivity index (χ2n) is 5.90. The maximum atomic E-state index is 11.9. The molecule has 0 aliphatic carbocycles. The first kappa shape index (κ1) is 13.3. The van der Waals surface area contributed by atoms with Crippen LogP contribution in [-0.2, 0) is 14.3 Å². The molecule has 0 aromatic rings. The first-order valence-electron chi connectivity index (χ1n) is 6.62. The van der Waals surface area contributed by atoms with E-state index in [4.69, 9.17) is 4.74 Å². The van der Waals surface area contributed by atoms with Crippen LogP contribution in [0.2, 0.25) is 0 Å². The highest BCUT2D eigenvalue weighted by Gasteiger charge is 2.53. The number of nitrogens with one attached hydrogen (secondary N) is 2. The molecule has 2 rings (SSSR count). The van der Waals surface area contributed by atoms with E-state index in [0.717, 1.165) is 13.1 Å². The average molecular weight is 254 g/mol. The van der Waals surface area contributed by atoms with Crippen molar-refractivity contribution in [2.45, 2.75) is 33.3 Å². The Labute approximate surface area is 108 Å². The minimum atomic E-state index is -0.172. The number of carbonyl (C=O) groups is 2. The molecule has 18 heavy (non-hydrogen) atoms. The molecule has 102 valence electrons. The van der Waals surface area contributed by atoms with Crippen molar-refractivity contribution in [2.24, 2.45) is 17.3 Å². The Morgan fingerprint density at radius 1 is 1.50 bits per heavy atom. The van der Waals surface area contributed by atoms with E-state index in [9.17, 15) is 9.59 Å². The number of amides is 1. The van der Waals surface area contributed by atoms with Gasteiger partial charge in [-0.1, -0.05) is 20.8 Å². The zero-order valence-corrected chi connectivity index (χ0v) is 11.3. The number of hydrogen-bond donors (Lipinski definition) is 2. The lowest BCUT2D eigenvalue weighted by molar-refractivity contribution is -0.142. The maximum Gasteiger partial charge on any atom is 0.306 e. The number of cyclic esters (lactones) is 1. The molecule has 2 aliphatic heterocycles. The molecule has 5 nitrogen and oxygen atoms in total. The van der Waals surface area contributed by atoms with Gasteiger partial charge >= 0.3 is 5.97 Å². The van der Waals surface area contributed by atoms with Crippen LogP contribution in [0.1, 0.15) is 27.2 Å². The van der Waals surface area contributed by atoms with Crippen molar-refractivity contribution < 1.29 is 14.3 Å². The third-order valence-corrected chi connectivity index (χ3v) is 4.28. The van der Waals surface area contributed by atoms with Crippen molar-refractivity contribution in [3.05, 3.63) is 0 Å². The molecule has 1 amide bonds. The predicted octanol–water partition coefficient (Wildman–Crippen LogP) is 0.300. The van der Waals surface area contributed by atoms with Crippen LogP contribution >= 0.6 is 0 Å². The van der Waals surface area contributed by atoms with Gasteiger partial charge in [0, 0.05) is 24.4 Å². The first-order chi connectivity index (χ1) is 8.44. The zero-order chi connectivity index (χ0) is 13.3. The second kappa shape index (κ2) is 4.88. The van der Waals surface area contributed by atoms with Crippen LogP contribution in [-0.4, -0.2) is 37.6 Å². The average Bonchev–Trinajstić information content (AvgIpc) is 2.61. The Hall–Kier alpha value is -1.10. The highest BCUT2D eigenvalue weighted by atomic mass is 16.6. The molecule has 2 fully saturated rings. The van der Waals surface area contributed by atoms with Gasteiger partial charge in [0.1, 0.15) is 6.10 Å². The fourth-order valence-electron chi connectivity index (χ4n) is 2.44. The summed E-state index contributed by atoms with van der Waals surface area (Å²) < 4.78 is 5.32. The molecule has 0 bridgehead atoms. The van der Waals surface area contributed by atoms with Gasteiger partial charge in [-0.3, -0.25) is 9.59 Å². The van der Waals surface area contributed by atoms with E-state index in [0.29, 0.717) is 18.9 Å². The van der Waals surface area contributed by atoms with Crippen LogP contribution in [0.3, 0.4) is 0 Å². The Morgan fingerprint density at radius 2 is 2.17 bits per heavy atom. The molecule has 0 aromatic carbocycles. The summed E-state index contributed by atoms with van der Waals surface area (Å²) >= 11 is 0. The van der Waals surface area contributed by atoms with Crippen LogP contribution in [0.25, 0.3) is 0 Å². The molecule has 2 atom stereocenters. The van der Waals surface area contributed by atoms with Gasteiger partial charge in [-0.2, -0.15) is 0 Å². The summed E-state index contributed by atoms with van der Waals surface area (Å²) in [6, 6.07) is 0. The molecular formula is C13H22N2O3. The van der Waals surface area contributed by atoms with E-state index < -0.39 is 0 Å².